The predicted octanol–water partition coefficient (Wildman–Crippen LogP) is 3.11. The molecule has 204 valence electrons. The smallest absolute Gasteiger partial charge is 0.251 e. The molecule has 0 spiro atoms. The Labute approximate surface area is 228 Å². The van der Waals surface area contributed by atoms with Gasteiger partial charge >= 0.3 is 0 Å². The highest BCUT2D eigenvalue weighted by Gasteiger charge is 2.13. The third-order valence-electron chi connectivity index (χ3n) is 6.84. The van der Waals surface area contributed by atoms with Crippen molar-refractivity contribution in [3.63, 3.8) is 0 Å². The van der Waals surface area contributed by atoms with Crippen molar-refractivity contribution in [1.29, 1.82) is 0 Å². The van der Waals surface area contributed by atoms with Crippen molar-refractivity contribution < 1.29 is 14.3 Å². The lowest BCUT2D eigenvalue weighted by atomic mass is 10.1. The van der Waals surface area contributed by atoms with Gasteiger partial charge in [-0.2, -0.15) is 0 Å². The van der Waals surface area contributed by atoms with Crippen LogP contribution in [0.2, 0.25) is 0 Å². The molecule has 10 heteroatoms. The van der Waals surface area contributed by atoms with Gasteiger partial charge in [-0.15, -0.1) is 0 Å². The number of carbonyl (C=O) groups excluding carboxylic acids is 1. The summed E-state index contributed by atoms with van der Waals surface area (Å²) in [5, 5.41) is 9.66. The first kappa shape index (κ1) is 26.6. The summed E-state index contributed by atoms with van der Waals surface area (Å²) >= 11 is 0. The maximum Gasteiger partial charge on any atom is 0.251 e. The van der Waals surface area contributed by atoms with E-state index >= 15 is 0 Å². The number of piperazine rings is 1. The molecule has 1 amide bonds. The van der Waals surface area contributed by atoms with Gasteiger partial charge in [-0.05, 0) is 55.0 Å². The Morgan fingerprint density at radius 3 is 2.67 bits per heavy atom. The molecule has 0 atom stereocenters. The standard InChI is InChI=1S/C29H35N7O3/c1-21-19-23(5-8-25(21)29(37)32-12-17-39-18-16-35-13-9-30-10-14-35)34-27-28-33-20-26(36(28)15-11-31-27)22-3-6-24(38-2)7-4-22/h3-8,11,15,19-20,30H,9-10,12-14,16-18H2,1-2H3,(H,31,34)(H,32,37). The minimum absolute atomic E-state index is 0.109. The van der Waals surface area contributed by atoms with E-state index in [2.05, 4.69) is 30.8 Å². The zero-order valence-corrected chi connectivity index (χ0v) is 22.4. The minimum Gasteiger partial charge on any atom is -0.497 e. The molecule has 0 aliphatic carbocycles. The molecule has 3 heterocycles. The molecule has 0 unspecified atom stereocenters. The molecule has 0 saturated carbocycles. The number of methoxy groups -OCH3 is 1. The normalized spacial score (nSPS) is 13.9. The lowest BCUT2D eigenvalue weighted by Crippen LogP contribution is -2.44. The third-order valence-corrected chi connectivity index (χ3v) is 6.84. The van der Waals surface area contributed by atoms with Gasteiger partial charge in [0.15, 0.2) is 11.5 Å². The summed E-state index contributed by atoms with van der Waals surface area (Å²) in [7, 11) is 1.65. The monoisotopic (exact) mass is 529 g/mol. The second kappa shape index (κ2) is 12.7. The fourth-order valence-corrected chi connectivity index (χ4v) is 4.68. The van der Waals surface area contributed by atoms with Crippen LogP contribution in [0.25, 0.3) is 16.9 Å². The number of anilines is 2. The molecule has 1 aliphatic rings. The summed E-state index contributed by atoms with van der Waals surface area (Å²) in [5.41, 5.74) is 5.02. The van der Waals surface area contributed by atoms with Crippen molar-refractivity contribution in [2.75, 3.05) is 64.9 Å². The molecule has 0 bridgehead atoms. The van der Waals surface area contributed by atoms with Crippen LogP contribution in [0.15, 0.2) is 61.1 Å². The Hall–Kier alpha value is -3.99. The van der Waals surface area contributed by atoms with Gasteiger partial charge in [0.05, 0.1) is 32.2 Å². The minimum atomic E-state index is -0.109. The molecule has 39 heavy (non-hydrogen) atoms. The highest BCUT2D eigenvalue weighted by atomic mass is 16.5. The van der Waals surface area contributed by atoms with Crippen LogP contribution in [0.3, 0.4) is 0 Å². The molecule has 2 aromatic heterocycles. The Morgan fingerprint density at radius 2 is 1.90 bits per heavy atom. The Balaban J connectivity index is 1.17. The molecule has 1 aliphatic heterocycles. The fourth-order valence-electron chi connectivity index (χ4n) is 4.68. The van der Waals surface area contributed by atoms with Crippen LogP contribution >= 0.6 is 0 Å². The first-order valence-electron chi connectivity index (χ1n) is 13.3. The molecule has 10 nitrogen and oxygen atoms in total. The number of ether oxygens (including phenoxy) is 2. The van der Waals surface area contributed by atoms with E-state index in [0.29, 0.717) is 36.8 Å². The first-order valence-corrected chi connectivity index (χ1v) is 13.3. The molecule has 5 rings (SSSR count). The Kier molecular flexibility index (Phi) is 8.67. The van der Waals surface area contributed by atoms with E-state index < -0.39 is 0 Å². The second-order valence-corrected chi connectivity index (χ2v) is 9.46. The number of benzene rings is 2. The number of nitrogens with zero attached hydrogens (tertiary/aromatic N) is 4. The number of rotatable bonds is 11. The van der Waals surface area contributed by atoms with Crippen LogP contribution in [0, 0.1) is 6.92 Å². The predicted molar refractivity (Wildman–Crippen MR) is 152 cm³/mol. The van der Waals surface area contributed by atoms with Crippen LogP contribution in [0.5, 0.6) is 5.75 Å². The number of fused-ring (bicyclic) bond motifs is 1. The van der Waals surface area contributed by atoms with E-state index in [-0.39, 0.29) is 5.91 Å². The highest BCUT2D eigenvalue weighted by Crippen LogP contribution is 2.27. The first-order chi connectivity index (χ1) is 19.1. The van der Waals surface area contributed by atoms with Gasteiger partial charge in [0.25, 0.3) is 5.91 Å². The number of aryl methyl sites for hydroxylation is 1. The van der Waals surface area contributed by atoms with Crippen LogP contribution < -0.4 is 20.7 Å². The molecule has 4 aromatic rings. The van der Waals surface area contributed by atoms with Gasteiger partial charge in [0.1, 0.15) is 5.75 Å². The molecule has 2 aromatic carbocycles. The average Bonchev–Trinajstić information content (AvgIpc) is 3.41. The van der Waals surface area contributed by atoms with Crippen molar-refractivity contribution in [1.82, 2.24) is 29.9 Å². The maximum absolute atomic E-state index is 12.7. The van der Waals surface area contributed by atoms with Gasteiger partial charge < -0.3 is 25.4 Å². The fraction of sp³-hybridized carbons (Fsp3) is 0.345. The molecule has 0 radical (unpaired) electrons. The van der Waals surface area contributed by atoms with Crippen molar-refractivity contribution in [3.05, 3.63) is 72.2 Å². The van der Waals surface area contributed by atoms with Gasteiger partial charge in [-0.3, -0.25) is 14.1 Å². The van der Waals surface area contributed by atoms with E-state index in [4.69, 9.17) is 9.47 Å². The largest absolute Gasteiger partial charge is 0.497 e. The SMILES string of the molecule is COc1ccc(-c2cnc3c(Nc4ccc(C(=O)NCCOCCN5CCNCC5)c(C)c4)nccn23)cc1. The molecule has 1 saturated heterocycles. The Bertz CT molecular complexity index is 1400. The summed E-state index contributed by atoms with van der Waals surface area (Å²) in [6.07, 6.45) is 5.46. The molecular formula is C29H35N7O3. The number of carbonyl (C=O) groups is 1. The molecular weight excluding hydrogens is 494 g/mol. The van der Waals surface area contributed by atoms with E-state index in [1.165, 1.54) is 0 Å². The van der Waals surface area contributed by atoms with Gasteiger partial charge in [-0.1, -0.05) is 0 Å². The number of nitrogens with one attached hydrogen (secondary N) is 3. The summed E-state index contributed by atoms with van der Waals surface area (Å²) in [6, 6.07) is 13.5. The summed E-state index contributed by atoms with van der Waals surface area (Å²) < 4.78 is 13.0. The van der Waals surface area contributed by atoms with E-state index in [0.717, 1.165) is 61.0 Å². The van der Waals surface area contributed by atoms with Crippen LogP contribution in [0.4, 0.5) is 11.5 Å². The van der Waals surface area contributed by atoms with Crippen molar-refractivity contribution in [2.45, 2.75) is 6.92 Å². The zero-order valence-electron chi connectivity index (χ0n) is 22.4. The molecule has 1 fully saturated rings. The van der Waals surface area contributed by atoms with Crippen LogP contribution in [-0.4, -0.2) is 84.8 Å². The zero-order chi connectivity index (χ0) is 27.0. The highest BCUT2D eigenvalue weighted by molar-refractivity contribution is 5.96. The number of imidazole rings is 1. The lowest BCUT2D eigenvalue weighted by molar-refractivity contribution is 0.0864. The van der Waals surface area contributed by atoms with Gasteiger partial charge in [0, 0.05) is 68.5 Å². The van der Waals surface area contributed by atoms with Crippen LogP contribution in [-0.2, 0) is 4.74 Å². The number of hydrogen-bond acceptors (Lipinski definition) is 8. The van der Waals surface area contributed by atoms with Crippen molar-refractivity contribution in [3.8, 4) is 17.0 Å². The number of amides is 1. The van der Waals surface area contributed by atoms with E-state index in [1.54, 1.807) is 13.3 Å². The Morgan fingerprint density at radius 1 is 1.08 bits per heavy atom. The summed E-state index contributed by atoms with van der Waals surface area (Å²) in [4.78, 5) is 24.2. The average molecular weight is 530 g/mol. The third kappa shape index (κ3) is 6.54. The van der Waals surface area contributed by atoms with Gasteiger partial charge in [-0.25, -0.2) is 9.97 Å². The van der Waals surface area contributed by atoms with Crippen molar-refractivity contribution in [2.24, 2.45) is 0 Å². The second-order valence-electron chi connectivity index (χ2n) is 9.46. The topological polar surface area (TPSA) is 105 Å². The maximum atomic E-state index is 12.7. The number of hydrogen-bond donors (Lipinski definition) is 3. The quantitative estimate of drug-likeness (QED) is 0.255. The van der Waals surface area contributed by atoms with Crippen LogP contribution in [0.1, 0.15) is 15.9 Å². The molecule has 3 N–H and O–H groups in total. The van der Waals surface area contributed by atoms with Crippen molar-refractivity contribution >= 4 is 23.1 Å². The van der Waals surface area contributed by atoms with Gasteiger partial charge in [0.2, 0.25) is 0 Å². The number of aromatic nitrogens is 3. The summed E-state index contributed by atoms with van der Waals surface area (Å²) in [5.74, 6) is 1.33. The lowest BCUT2D eigenvalue weighted by Gasteiger charge is -2.26. The summed E-state index contributed by atoms with van der Waals surface area (Å²) in [6.45, 7) is 8.67. The van der Waals surface area contributed by atoms with E-state index in [1.807, 2.05) is 66.2 Å². The van der Waals surface area contributed by atoms with E-state index in [9.17, 15) is 4.79 Å².